The molecule has 12 heavy (non-hydrogen) atoms. The lowest BCUT2D eigenvalue weighted by Crippen LogP contribution is -2.25. The highest BCUT2D eigenvalue weighted by molar-refractivity contribution is 14.2. The third-order valence-corrected chi connectivity index (χ3v) is 5.16. The molecule has 72 valence electrons. The van der Waals surface area contributed by atoms with Gasteiger partial charge in [-0.1, -0.05) is 60.9 Å². The fourth-order valence-electron chi connectivity index (χ4n) is 2.49. The highest BCUT2D eigenvalue weighted by Gasteiger charge is 2.29. The van der Waals surface area contributed by atoms with Crippen molar-refractivity contribution in [2.75, 3.05) is 6.16 Å². The van der Waals surface area contributed by atoms with Crippen LogP contribution < -0.4 is 0 Å². The van der Waals surface area contributed by atoms with Gasteiger partial charge in [0.15, 0.2) is 0 Å². The summed E-state index contributed by atoms with van der Waals surface area (Å²) in [6, 6.07) is 0. The minimum absolute atomic E-state index is 0.784. The van der Waals surface area contributed by atoms with Gasteiger partial charge in [-0.2, -0.15) is 0 Å². The molecule has 0 aromatic carbocycles. The molecule has 1 aliphatic rings. The fourth-order valence-corrected chi connectivity index (χ4v) is 5.73. The summed E-state index contributed by atoms with van der Waals surface area (Å²) in [5.41, 5.74) is 0.784. The summed E-state index contributed by atoms with van der Waals surface area (Å²) < 4.78 is 0. The largest absolute Gasteiger partial charge is 0.0654 e. The fraction of sp³-hybridized carbons (Fsp3) is 1.00. The predicted octanol–water partition coefficient (Wildman–Crippen LogP) is 4.77. The van der Waals surface area contributed by atoms with Gasteiger partial charge in [-0.15, -0.1) is 0 Å². The first kappa shape index (κ1) is 11.2. The van der Waals surface area contributed by atoms with E-state index < -0.39 is 0 Å². The zero-order valence-electron chi connectivity index (χ0n) is 8.03. The van der Waals surface area contributed by atoms with Crippen molar-refractivity contribution in [1.82, 2.24) is 0 Å². The third-order valence-electron chi connectivity index (χ3n) is 3.14. The first-order valence-corrected chi connectivity index (χ1v) is 9.49. The summed E-state index contributed by atoms with van der Waals surface area (Å²) in [7, 11) is 0. The molecule has 1 rings (SSSR count). The van der Waals surface area contributed by atoms with E-state index in [9.17, 15) is 0 Å². The van der Waals surface area contributed by atoms with Gasteiger partial charge in [0.2, 0.25) is 0 Å². The molecule has 0 radical (unpaired) electrons. The maximum Gasteiger partial charge on any atom is -0.0206 e. The van der Waals surface area contributed by atoms with Crippen LogP contribution in [0.2, 0.25) is 0 Å². The average molecular weight is 298 g/mol. The Balaban J connectivity index is 2.44. The molecule has 1 atom stereocenters. The molecule has 2 heteroatoms. The molecule has 1 unspecified atom stereocenters. The Morgan fingerprint density at radius 1 is 1.25 bits per heavy atom. The summed E-state index contributed by atoms with van der Waals surface area (Å²) in [5, 5.41) is 0. The highest BCUT2D eigenvalue weighted by atomic mass is 127. The Morgan fingerprint density at radius 2 is 1.92 bits per heavy atom. The van der Waals surface area contributed by atoms with Crippen molar-refractivity contribution in [2.45, 2.75) is 51.9 Å². The Kier molecular flexibility index (Phi) is 5.43. The molecule has 0 heterocycles. The van der Waals surface area contributed by atoms with Crippen molar-refractivity contribution in [3.05, 3.63) is 0 Å². The van der Waals surface area contributed by atoms with Crippen LogP contribution in [-0.2, 0) is 0 Å². The van der Waals surface area contributed by atoms with Crippen LogP contribution in [0.4, 0.5) is 0 Å². The second-order valence-corrected chi connectivity index (χ2v) is 7.03. The second kappa shape index (κ2) is 5.80. The minimum atomic E-state index is 0.784. The van der Waals surface area contributed by atoms with E-state index in [1.54, 1.807) is 0 Å². The zero-order valence-corrected chi connectivity index (χ0v) is 11.2. The minimum Gasteiger partial charge on any atom is -0.0654 e. The Labute approximate surface area is 91.5 Å². The number of halogens is 1. The standard InChI is InChI=1S/C10H20IP/c1-2-6-10(9-12-11)7-4-3-5-8-10/h12H,2-9H2,1H3. The molecule has 0 spiro atoms. The Bertz CT molecular complexity index is 103. The third kappa shape index (κ3) is 3.14. The lowest BCUT2D eigenvalue weighted by atomic mass is 9.73. The molecule has 0 nitrogen and oxygen atoms in total. The number of hydrogen-bond donors (Lipinski definition) is 0. The molecule has 0 aliphatic heterocycles. The van der Waals surface area contributed by atoms with Gasteiger partial charge in [-0.05, 0) is 30.8 Å². The molecular weight excluding hydrogens is 278 g/mol. The van der Waals surface area contributed by atoms with E-state index in [1.807, 2.05) is 0 Å². The van der Waals surface area contributed by atoms with Gasteiger partial charge in [0.25, 0.3) is 0 Å². The van der Waals surface area contributed by atoms with E-state index in [-0.39, 0.29) is 0 Å². The van der Waals surface area contributed by atoms with Gasteiger partial charge < -0.3 is 0 Å². The molecule has 1 aliphatic carbocycles. The molecule has 0 bridgehead atoms. The van der Waals surface area contributed by atoms with Crippen molar-refractivity contribution in [3.8, 4) is 0 Å². The SMILES string of the molecule is CCCC1(CPI)CCCCC1. The lowest BCUT2D eigenvalue weighted by Gasteiger charge is -2.36. The summed E-state index contributed by atoms with van der Waals surface area (Å²) in [6.07, 6.45) is 13.1. The van der Waals surface area contributed by atoms with Crippen molar-refractivity contribution >= 4 is 28.3 Å². The quantitative estimate of drug-likeness (QED) is 0.518. The first-order chi connectivity index (χ1) is 5.83. The second-order valence-electron chi connectivity index (χ2n) is 4.12. The van der Waals surface area contributed by atoms with Gasteiger partial charge in [0.05, 0.1) is 0 Å². The lowest BCUT2D eigenvalue weighted by molar-refractivity contribution is 0.203. The topological polar surface area (TPSA) is 0 Å². The van der Waals surface area contributed by atoms with E-state index in [2.05, 4.69) is 29.0 Å². The Hall–Kier alpha value is 1.16. The molecule has 0 aromatic heterocycles. The van der Waals surface area contributed by atoms with Crippen LogP contribution in [0, 0.1) is 5.41 Å². The van der Waals surface area contributed by atoms with Crippen molar-refractivity contribution in [3.63, 3.8) is 0 Å². The Morgan fingerprint density at radius 3 is 2.42 bits per heavy atom. The molecule has 0 aromatic rings. The van der Waals surface area contributed by atoms with E-state index in [0.29, 0.717) is 0 Å². The number of hydrogen-bond acceptors (Lipinski definition) is 0. The van der Waals surface area contributed by atoms with Gasteiger partial charge in [-0.25, -0.2) is 0 Å². The van der Waals surface area contributed by atoms with Crippen molar-refractivity contribution < 1.29 is 0 Å². The van der Waals surface area contributed by atoms with E-state index in [1.165, 1.54) is 51.1 Å². The van der Waals surface area contributed by atoms with E-state index >= 15 is 0 Å². The van der Waals surface area contributed by atoms with Crippen LogP contribution in [0.25, 0.3) is 0 Å². The normalized spacial score (nSPS) is 23.5. The summed E-state index contributed by atoms with van der Waals surface area (Å²) in [5.74, 6) is 0. The average Bonchev–Trinajstić information content (AvgIpc) is 2.07. The maximum absolute atomic E-state index is 2.57. The predicted molar refractivity (Wildman–Crippen MR) is 67.6 cm³/mol. The van der Waals surface area contributed by atoms with E-state index in [4.69, 9.17) is 0 Å². The molecule has 1 fully saturated rings. The first-order valence-electron chi connectivity index (χ1n) is 5.16. The molecule has 0 N–H and O–H groups in total. The van der Waals surface area contributed by atoms with Crippen LogP contribution in [0.15, 0.2) is 0 Å². The maximum atomic E-state index is 2.57. The highest BCUT2D eigenvalue weighted by Crippen LogP contribution is 2.45. The van der Waals surface area contributed by atoms with Crippen LogP contribution in [0.3, 0.4) is 0 Å². The summed E-state index contributed by atoms with van der Waals surface area (Å²) in [6.45, 7) is 2.34. The smallest absolute Gasteiger partial charge is 0.0206 e. The number of rotatable bonds is 4. The van der Waals surface area contributed by atoms with Crippen molar-refractivity contribution in [1.29, 1.82) is 0 Å². The van der Waals surface area contributed by atoms with Crippen LogP contribution in [0.5, 0.6) is 0 Å². The molecule has 0 saturated heterocycles. The summed E-state index contributed by atoms with van der Waals surface area (Å²) in [4.78, 5) is 0. The zero-order chi connectivity index (χ0) is 8.86. The van der Waals surface area contributed by atoms with Crippen LogP contribution in [0.1, 0.15) is 51.9 Å². The monoisotopic (exact) mass is 298 g/mol. The molecule has 0 amide bonds. The van der Waals surface area contributed by atoms with E-state index in [0.717, 1.165) is 11.6 Å². The van der Waals surface area contributed by atoms with Gasteiger partial charge >= 0.3 is 0 Å². The van der Waals surface area contributed by atoms with Crippen LogP contribution >= 0.6 is 28.3 Å². The van der Waals surface area contributed by atoms with Gasteiger partial charge in [0.1, 0.15) is 0 Å². The molecular formula is C10H20IP. The van der Waals surface area contributed by atoms with Gasteiger partial charge in [-0.3, -0.25) is 0 Å². The summed E-state index contributed by atoms with van der Waals surface area (Å²) >= 11 is 2.57. The molecule has 1 saturated carbocycles. The van der Waals surface area contributed by atoms with Crippen molar-refractivity contribution in [2.24, 2.45) is 5.41 Å². The van der Waals surface area contributed by atoms with Crippen LogP contribution in [-0.4, -0.2) is 6.16 Å². The van der Waals surface area contributed by atoms with Gasteiger partial charge in [0, 0.05) is 0 Å².